The van der Waals surface area contributed by atoms with Crippen molar-refractivity contribution < 1.29 is 4.74 Å². The van der Waals surface area contributed by atoms with Gasteiger partial charge in [0.1, 0.15) is 0 Å². The fraction of sp³-hybridized carbons (Fsp3) is 0.714. The Bertz CT molecular complexity index is 491. The summed E-state index contributed by atoms with van der Waals surface area (Å²) in [6.45, 7) is 13.3. The van der Waals surface area contributed by atoms with Gasteiger partial charge in [-0.25, -0.2) is 0 Å². The molecule has 0 saturated carbocycles. The molecule has 2 saturated heterocycles. The first-order valence-electron chi connectivity index (χ1n) is 9.96. The molecule has 3 rings (SSSR count). The van der Waals surface area contributed by atoms with E-state index in [1.165, 1.54) is 44.5 Å². The monoisotopic (exact) mass is 345 g/mol. The second kappa shape index (κ2) is 9.13. The lowest BCUT2D eigenvalue weighted by Gasteiger charge is -2.42. The predicted octanol–water partition coefficient (Wildman–Crippen LogP) is 2.39. The Balaban J connectivity index is 1.34. The number of hydrogen-bond acceptors (Lipinski definition) is 4. The highest BCUT2D eigenvalue weighted by Crippen LogP contribution is 2.17. The van der Waals surface area contributed by atoms with E-state index in [-0.39, 0.29) is 5.54 Å². The van der Waals surface area contributed by atoms with Gasteiger partial charge in [0.25, 0.3) is 0 Å². The largest absolute Gasteiger partial charge is 0.379 e. The highest BCUT2D eigenvalue weighted by Gasteiger charge is 2.29. The smallest absolute Gasteiger partial charge is 0.0594 e. The molecule has 0 bridgehead atoms. The summed E-state index contributed by atoms with van der Waals surface area (Å²) in [4.78, 5) is 5.19. The molecule has 0 amide bonds. The highest BCUT2D eigenvalue weighted by molar-refractivity contribution is 5.14. The number of benzene rings is 1. The first kappa shape index (κ1) is 18.8. The molecular formula is C21H35N3O. The molecule has 0 aromatic heterocycles. The number of morpholine rings is 1. The average Bonchev–Trinajstić information content (AvgIpc) is 2.67. The summed E-state index contributed by atoms with van der Waals surface area (Å²) >= 11 is 0. The molecule has 0 spiro atoms. The quantitative estimate of drug-likeness (QED) is 0.821. The van der Waals surface area contributed by atoms with Gasteiger partial charge < -0.3 is 15.0 Å². The Labute approximate surface area is 153 Å². The van der Waals surface area contributed by atoms with Crippen LogP contribution in [-0.2, 0) is 11.2 Å². The van der Waals surface area contributed by atoms with Crippen LogP contribution in [0.15, 0.2) is 30.3 Å². The zero-order chi connectivity index (χ0) is 17.5. The standard InChI is InChI=1S/C21H35N3O/c1-21(2,24-14-16-25-17-15-24)18-22-20-9-12-23(13-10-20)11-8-19-6-4-3-5-7-19/h3-7,20,22H,8-18H2,1-2H3. The van der Waals surface area contributed by atoms with Crippen molar-refractivity contribution >= 4 is 0 Å². The number of likely N-dealkylation sites (tertiary alicyclic amines) is 1. The van der Waals surface area contributed by atoms with Crippen molar-refractivity contribution in [2.45, 2.75) is 44.7 Å². The summed E-state index contributed by atoms with van der Waals surface area (Å²) < 4.78 is 5.49. The number of ether oxygens (including phenoxy) is 1. The lowest BCUT2D eigenvalue weighted by atomic mass is 9.99. The van der Waals surface area contributed by atoms with Crippen molar-refractivity contribution in [3.05, 3.63) is 35.9 Å². The number of piperidine rings is 1. The SMILES string of the molecule is CC(C)(CNC1CCN(CCc2ccccc2)CC1)N1CCOCC1. The summed E-state index contributed by atoms with van der Waals surface area (Å²) in [5.41, 5.74) is 1.67. The van der Waals surface area contributed by atoms with Crippen molar-refractivity contribution in [2.24, 2.45) is 0 Å². The van der Waals surface area contributed by atoms with Crippen molar-refractivity contribution in [1.29, 1.82) is 0 Å². The Morgan fingerprint density at radius 2 is 1.72 bits per heavy atom. The third-order valence-electron chi connectivity index (χ3n) is 5.84. The first-order valence-corrected chi connectivity index (χ1v) is 9.96. The summed E-state index contributed by atoms with van der Waals surface area (Å²) in [5, 5.41) is 3.84. The van der Waals surface area contributed by atoms with E-state index in [4.69, 9.17) is 4.74 Å². The minimum atomic E-state index is 0.216. The van der Waals surface area contributed by atoms with E-state index in [1.807, 2.05) is 0 Å². The minimum absolute atomic E-state index is 0.216. The van der Waals surface area contributed by atoms with Crippen LogP contribution in [-0.4, -0.2) is 73.9 Å². The molecule has 0 aliphatic carbocycles. The van der Waals surface area contributed by atoms with Gasteiger partial charge in [-0.15, -0.1) is 0 Å². The van der Waals surface area contributed by atoms with Crippen LogP contribution in [0.25, 0.3) is 0 Å². The third kappa shape index (κ3) is 5.78. The van der Waals surface area contributed by atoms with E-state index in [0.29, 0.717) is 6.04 Å². The predicted molar refractivity (Wildman–Crippen MR) is 104 cm³/mol. The molecule has 1 aromatic rings. The fourth-order valence-electron chi connectivity index (χ4n) is 3.97. The second-order valence-corrected chi connectivity index (χ2v) is 8.14. The summed E-state index contributed by atoms with van der Waals surface area (Å²) in [5.74, 6) is 0. The molecule has 2 heterocycles. The van der Waals surface area contributed by atoms with Crippen molar-refractivity contribution in [1.82, 2.24) is 15.1 Å². The molecule has 4 nitrogen and oxygen atoms in total. The Hall–Kier alpha value is -0.940. The van der Waals surface area contributed by atoms with Crippen molar-refractivity contribution in [3.8, 4) is 0 Å². The lowest BCUT2D eigenvalue weighted by molar-refractivity contribution is -0.0109. The van der Waals surface area contributed by atoms with Crippen molar-refractivity contribution in [2.75, 3.05) is 52.5 Å². The maximum absolute atomic E-state index is 5.49. The molecule has 0 unspecified atom stereocenters. The lowest BCUT2D eigenvalue weighted by Crippen LogP contribution is -2.56. The molecule has 0 atom stereocenters. The Morgan fingerprint density at radius 1 is 1.04 bits per heavy atom. The molecule has 2 aliphatic rings. The average molecular weight is 346 g/mol. The van der Waals surface area contributed by atoms with Gasteiger partial charge in [0.05, 0.1) is 13.2 Å². The van der Waals surface area contributed by atoms with E-state index >= 15 is 0 Å². The molecule has 4 heteroatoms. The van der Waals surface area contributed by atoms with E-state index < -0.39 is 0 Å². The van der Waals surface area contributed by atoms with Crippen LogP contribution in [0.1, 0.15) is 32.3 Å². The van der Waals surface area contributed by atoms with Crippen LogP contribution >= 0.6 is 0 Å². The molecule has 1 N–H and O–H groups in total. The third-order valence-corrected chi connectivity index (χ3v) is 5.84. The zero-order valence-electron chi connectivity index (χ0n) is 16.0. The fourth-order valence-corrected chi connectivity index (χ4v) is 3.97. The Kier molecular flexibility index (Phi) is 6.88. The summed E-state index contributed by atoms with van der Waals surface area (Å²) in [7, 11) is 0. The highest BCUT2D eigenvalue weighted by atomic mass is 16.5. The van der Waals surface area contributed by atoms with Crippen LogP contribution in [0.3, 0.4) is 0 Å². The Morgan fingerprint density at radius 3 is 2.40 bits per heavy atom. The zero-order valence-corrected chi connectivity index (χ0v) is 16.0. The summed E-state index contributed by atoms with van der Waals surface area (Å²) in [6.07, 6.45) is 3.71. The number of rotatable bonds is 7. The molecule has 140 valence electrons. The topological polar surface area (TPSA) is 27.7 Å². The molecule has 2 fully saturated rings. The van der Waals surface area contributed by atoms with Gasteiger partial charge in [0.15, 0.2) is 0 Å². The van der Waals surface area contributed by atoms with Crippen LogP contribution < -0.4 is 5.32 Å². The van der Waals surface area contributed by atoms with Gasteiger partial charge in [-0.3, -0.25) is 4.90 Å². The number of nitrogens with zero attached hydrogens (tertiary/aromatic N) is 2. The molecule has 0 radical (unpaired) electrons. The molecule has 1 aromatic carbocycles. The first-order chi connectivity index (χ1) is 12.1. The van der Waals surface area contributed by atoms with Gasteiger partial charge in [0.2, 0.25) is 0 Å². The molecule has 25 heavy (non-hydrogen) atoms. The normalized spacial score (nSPS) is 21.5. The molecule has 2 aliphatic heterocycles. The van der Waals surface area contributed by atoms with Gasteiger partial charge in [-0.05, 0) is 51.8 Å². The van der Waals surface area contributed by atoms with Gasteiger partial charge >= 0.3 is 0 Å². The van der Waals surface area contributed by atoms with Gasteiger partial charge in [0, 0.05) is 37.8 Å². The van der Waals surface area contributed by atoms with Crippen LogP contribution in [0.2, 0.25) is 0 Å². The van der Waals surface area contributed by atoms with Gasteiger partial charge in [-0.1, -0.05) is 30.3 Å². The van der Waals surface area contributed by atoms with Crippen LogP contribution in [0, 0.1) is 0 Å². The van der Waals surface area contributed by atoms with E-state index in [0.717, 1.165) is 32.8 Å². The maximum Gasteiger partial charge on any atom is 0.0594 e. The second-order valence-electron chi connectivity index (χ2n) is 8.14. The van der Waals surface area contributed by atoms with Crippen LogP contribution in [0.4, 0.5) is 0 Å². The van der Waals surface area contributed by atoms with E-state index in [2.05, 4.69) is 59.3 Å². The number of nitrogens with one attached hydrogen (secondary N) is 1. The summed E-state index contributed by atoms with van der Waals surface area (Å²) in [6, 6.07) is 11.5. The molecular weight excluding hydrogens is 310 g/mol. The van der Waals surface area contributed by atoms with E-state index in [9.17, 15) is 0 Å². The van der Waals surface area contributed by atoms with Crippen LogP contribution in [0.5, 0.6) is 0 Å². The van der Waals surface area contributed by atoms with E-state index in [1.54, 1.807) is 0 Å². The maximum atomic E-state index is 5.49. The number of hydrogen-bond donors (Lipinski definition) is 1. The van der Waals surface area contributed by atoms with Crippen molar-refractivity contribution in [3.63, 3.8) is 0 Å². The van der Waals surface area contributed by atoms with Gasteiger partial charge in [-0.2, -0.15) is 0 Å². The minimum Gasteiger partial charge on any atom is -0.379 e.